The lowest BCUT2D eigenvalue weighted by molar-refractivity contribution is 0.0698. The van der Waals surface area contributed by atoms with E-state index in [2.05, 4.69) is 17.6 Å². The number of carboxylic acid groups (broad SMARTS) is 1. The number of carbonyl (C=O) groups excluding carboxylic acids is 1. The predicted molar refractivity (Wildman–Crippen MR) is 72.7 cm³/mol. The van der Waals surface area contributed by atoms with E-state index >= 15 is 0 Å². The zero-order valence-corrected chi connectivity index (χ0v) is 11.2. The summed E-state index contributed by atoms with van der Waals surface area (Å²) in [6.45, 7) is 2.75. The first kappa shape index (κ1) is 13.7. The van der Waals surface area contributed by atoms with Gasteiger partial charge in [-0.15, -0.1) is 0 Å². The van der Waals surface area contributed by atoms with E-state index in [0.717, 1.165) is 6.42 Å². The molecule has 2 atom stereocenters. The van der Waals surface area contributed by atoms with E-state index in [1.54, 1.807) is 0 Å². The maximum atomic E-state index is 11.7. The molecule has 0 radical (unpaired) electrons. The van der Waals surface area contributed by atoms with Gasteiger partial charge >= 0.3 is 12.0 Å². The molecule has 2 unspecified atom stereocenters. The maximum Gasteiger partial charge on any atom is 0.337 e. The largest absolute Gasteiger partial charge is 0.478 e. The van der Waals surface area contributed by atoms with Crippen molar-refractivity contribution in [1.82, 2.24) is 5.32 Å². The first-order valence-corrected chi connectivity index (χ1v) is 6.43. The molecule has 2 rings (SSSR count). The Balaban J connectivity index is 1.97. The molecule has 0 aromatic heterocycles. The highest BCUT2D eigenvalue weighted by molar-refractivity contribution is 6.31. The predicted octanol–water partition coefficient (Wildman–Crippen LogP) is 2.82. The van der Waals surface area contributed by atoms with Crippen molar-refractivity contribution in [1.29, 1.82) is 0 Å². The van der Waals surface area contributed by atoms with Gasteiger partial charge in [0.05, 0.1) is 11.3 Å². The normalized spacial score (nSPS) is 20.7. The monoisotopic (exact) mass is 282 g/mol. The number of aromatic carboxylic acids is 1. The highest BCUT2D eigenvalue weighted by Gasteiger charge is 2.32. The average Bonchev–Trinajstić information content (AvgIpc) is 3.05. The van der Waals surface area contributed by atoms with Crippen LogP contribution in [0.15, 0.2) is 18.2 Å². The number of hydrogen-bond donors (Lipinski definition) is 3. The molecular formula is C13H15ClN2O3. The van der Waals surface area contributed by atoms with Gasteiger partial charge in [-0.25, -0.2) is 9.59 Å². The van der Waals surface area contributed by atoms with E-state index in [-0.39, 0.29) is 11.3 Å². The molecule has 6 heteroatoms. The SMILES string of the molecule is CC1CC1CNC(=O)Nc1ccc(Cl)cc1C(=O)O. The van der Waals surface area contributed by atoms with E-state index in [9.17, 15) is 9.59 Å². The molecule has 2 amide bonds. The fraction of sp³-hybridized carbons (Fsp3) is 0.385. The lowest BCUT2D eigenvalue weighted by Gasteiger charge is -2.10. The van der Waals surface area contributed by atoms with E-state index in [1.165, 1.54) is 18.2 Å². The van der Waals surface area contributed by atoms with Gasteiger partial charge < -0.3 is 15.7 Å². The Morgan fingerprint density at radius 2 is 2.16 bits per heavy atom. The molecule has 102 valence electrons. The molecule has 1 aliphatic carbocycles. The Morgan fingerprint density at radius 3 is 2.74 bits per heavy atom. The van der Waals surface area contributed by atoms with Gasteiger partial charge in [0, 0.05) is 11.6 Å². The quantitative estimate of drug-likeness (QED) is 0.794. The van der Waals surface area contributed by atoms with Gasteiger partial charge in [-0.2, -0.15) is 0 Å². The van der Waals surface area contributed by atoms with Crippen LogP contribution in [0.2, 0.25) is 5.02 Å². The van der Waals surface area contributed by atoms with Gasteiger partial charge in [-0.1, -0.05) is 18.5 Å². The van der Waals surface area contributed by atoms with Crippen molar-refractivity contribution in [2.75, 3.05) is 11.9 Å². The summed E-state index contributed by atoms with van der Waals surface area (Å²) < 4.78 is 0. The van der Waals surface area contributed by atoms with Crippen LogP contribution in [0.5, 0.6) is 0 Å². The molecule has 3 N–H and O–H groups in total. The number of nitrogens with one attached hydrogen (secondary N) is 2. The van der Waals surface area contributed by atoms with E-state index < -0.39 is 12.0 Å². The van der Waals surface area contributed by atoms with Gasteiger partial charge in [-0.3, -0.25) is 0 Å². The number of carboxylic acids is 1. The Kier molecular flexibility index (Phi) is 3.95. The van der Waals surface area contributed by atoms with E-state index in [1.807, 2.05) is 0 Å². The third kappa shape index (κ3) is 3.61. The van der Waals surface area contributed by atoms with Gasteiger partial charge in [0.25, 0.3) is 0 Å². The van der Waals surface area contributed by atoms with Crippen LogP contribution in [0, 0.1) is 11.8 Å². The van der Waals surface area contributed by atoms with Crippen LogP contribution in [0.25, 0.3) is 0 Å². The Morgan fingerprint density at radius 1 is 1.47 bits per heavy atom. The smallest absolute Gasteiger partial charge is 0.337 e. The number of rotatable bonds is 4. The van der Waals surface area contributed by atoms with Crippen molar-refractivity contribution < 1.29 is 14.7 Å². The number of carbonyl (C=O) groups is 2. The van der Waals surface area contributed by atoms with Crippen LogP contribution in [0.3, 0.4) is 0 Å². The Hall–Kier alpha value is -1.75. The van der Waals surface area contributed by atoms with Crippen molar-refractivity contribution in [3.8, 4) is 0 Å². The van der Waals surface area contributed by atoms with Gasteiger partial charge in [-0.05, 0) is 36.5 Å². The highest BCUT2D eigenvalue weighted by atomic mass is 35.5. The Bertz CT molecular complexity index is 519. The van der Waals surface area contributed by atoms with Gasteiger partial charge in [0.2, 0.25) is 0 Å². The average molecular weight is 283 g/mol. The molecule has 1 fully saturated rings. The number of halogens is 1. The third-order valence-electron chi connectivity index (χ3n) is 3.26. The second-order valence-corrected chi connectivity index (χ2v) is 5.24. The Labute approximate surface area is 116 Å². The van der Waals surface area contributed by atoms with Crippen molar-refractivity contribution in [2.45, 2.75) is 13.3 Å². The summed E-state index contributed by atoms with van der Waals surface area (Å²) in [4.78, 5) is 22.7. The molecule has 1 aromatic carbocycles. The molecule has 1 aromatic rings. The summed E-state index contributed by atoms with van der Waals surface area (Å²) in [5.74, 6) is 0.0638. The fourth-order valence-electron chi connectivity index (χ4n) is 1.88. The minimum Gasteiger partial charge on any atom is -0.478 e. The minimum absolute atomic E-state index is 0.0255. The lowest BCUT2D eigenvalue weighted by Crippen LogP contribution is -2.31. The van der Waals surface area contributed by atoms with Crippen LogP contribution in [0.1, 0.15) is 23.7 Å². The first-order chi connectivity index (χ1) is 8.97. The number of hydrogen-bond acceptors (Lipinski definition) is 2. The van der Waals surface area contributed by atoms with E-state index in [4.69, 9.17) is 16.7 Å². The second-order valence-electron chi connectivity index (χ2n) is 4.80. The summed E-state index contributed by atoms with van der Waals surface area (Å²) in [5, 5.41) is 14.6. The number of anilines is 1. The number of amides is 2. The molecule has 0 aliphatic heterocycles. The van der Waals surface area contributed by atoms with Crippen molar-refractivity contribution in [3.63, 3.8) is 0 Å². The molecule has 0 heterocycles. The molecule has 1 aliphatic rings. The molecule has 0 bridgehead atoms. The zero-order valence-electron chi connectivity index (χ0n) is 10.4. The molecule has 5 nitrogen and oxygen atoms in total. The molecule has 19 heavy (non-hydrogen) atoms. The summed E-state index contributed by atoms with van der Waals surface area (Å²) in [5.41, 5.74) is 0.209. The molecular weight excluding hydrogens is 268 g/mol. The molecule has 0 spiro atoms. The van der Waals surface area contributed by atoms with Gasteiger partial charge in [0.1, 0.15) is 0 Å². The highest BCUT2D eigenvalue weighted by Crippen LogP contribution is 2.36. The fourth-order valence-corrected chi connectivity index (χ4v) is 2.05. The van der Waals surface area contributed by atoms with Crippen LogP contribution in [0.4, 0.5) is 10.5 Å². The zero-order chi connectivity index (χ0) is 14.0. The second kappa shape index (κ2) is 5.48. The van der Waals surface area contributed by atoms with Crippen molar-refractivity contribution >= 4 is 29.3 Å². The topological polar surface area (TPSA) is 78.4 Å². The van der Waals surface area contributed by atoms with Crippen molar-refractivity contribution in [2.24, 2.45) is 11.8 Å². The third-order valence-corrected chi connectivity index (χ3v) is 3.50. The summed E-state index contributed by atoms with van der Waals surface area (Å²) in [6, 6.07) is 3.92. The number of urea groups is 1. The summed E-state index contributed by atoms with van der Waals surface area (Å²) in [6.07, 6.45) is 1.13. The standard InChI is InChI=1S/C13H15ClN2O3/c1-7-4-8(7)6-15-13(19)16-11-3-2-9(14)5-10(11)12(17)18/h2-3,5,7-8H,4,6H2,1H3,(H,17,18)(H2,15,16,19). The van der Waals surface area contributed by atoms with Crippen molar-refractivity contribution in [3.05, 3.63) is 28.8 Å². The number of benzene rings is 1. The van der Waals surface area contributed by atoms with E-state index in [0.29, 0.717) is 23.4 Å². The summed E-state index contributed by atoms with van der Waals surface area (Å²) in [7, 11) is 0. The lowest BCUT2D eigenvalue weighted by atomic mass is 10.2. The van der Waals surface area contributed by atoms with Gasteiger partial charge in [0.15, 0.2) is 0 Å². The van der Waals surface area contributed by atoms with Crippen LogP contribution < -0.4 is 10.6 Å². The molecule has 1 saturated carbocycles. The maximum absolute atomic E-state index is 11.7. The van der Waals surface area contributed by atoms with Crippen LogP contribution >= 0.6 is 11.6 Å². The first-order valence-electron chi connectivity index (χ1n) is 6.05. The minimum atomic E-state index is -1.13. The van der Waals surface area contributed by atoms with Crippen LogP contribution in [-0.4, -0.2) is 23.7 Å². The summed E-state index contributed by atoms with van der Waals surface area (Å²) >= 11 is 5.73. The van der Waals surface area contributed by atoms with Crippen LogP contribution in [-0.2, 0) is 0 Å². The molecule has 0 saturated heterocycles.